The average Bonchev–Trinajstić information content (AvgIpc) is 3.06. The molecule has 2 atom stereocenters. The standard InChI is InChI=1S/C14H17FN2O/c1-8-6-9(15)2-5-11(8)14-12(16)7-13(18)17(14)10-3-4-10/h2,5-6,10,12,14H,3-4,7,16H2,1H3. The highest BCUT2D eigenvalue weighted by molar-refractivity contribution is 5.81. The molecule has 1 aliphatic carbocycles. The summed E-state index contributed by atoms with van der Waals surface area (Å²) in [5.41, 5.74) is 7.97. The first-order valence-electron chi connectivity index (χ1n) is 6.40. The Bertz CT molecular complexity index is 499. The molecule has 1 aliphatic heterocycles. The molecule has 1 saturated heterocycles. The van der Waals surface area contributed by atoms with Crippen molar-refractivity contribution in [2.24, 2.45) is 5.73 Å². The maximum absolute atomic E-state index is 13.2. The molecule has 3 rings (SSSR count). The third kappa shape index (κ3) is 1.81. The van der Waals surface area contributed by atoms with E-state index in [-0.39, 0.29) is 23.8 Å². The van der Waals surface area contributed by atoms with E-state index in [2.05, 4.69) is 0 Å². The number of rotatable bonds is 2. The molecule has 96 valence electrons. The Morgan fingerprint density at radius 2 is 2.11 bits per heavy atom. The molecule has 2 aliphatic rings. The molecule has 0 bridgehead atoms. The van der Waals surface area contributed by atoms with Crippen molar-refractivity contribution in [3.05, 3.63) is 35.1 Å². The summed E-state index contributed by atoms with van der Waals surface area (Å²) in [5, 5.41) is 0. The maximum atomic E-state index is 13.2. The van der Waals surface area contributed by atoms with Gasteiger partial charge in [-0.25, -0.2) is 4.39 Å². The SMILES string of the molecule is Cc1cc(F)ccc1C1C(N)CC(=O)N1C1CC1. The van der Waals surface area contributed by atoms with Gasteiger partial charge in [-0.05, 0) is 43.0 Å². The van der Waals surface area contributed by atoms with Crippen molar-refractivity contribution < 1.29 is 9.18 Å². The minimum atomic E-state index is -0.243. The number of carbonyl (C=O) groups excluding carboxylic acids is 1. The monoisotopic (exact) mass is 248 g/mol. The van der Waals surface area contributed by atoms with Crippen molar-refractivity contribution in [2.45, 2.75) is 44.3 Å². The Balaban J connectivity index is 2.00. The molecule has 0 aromatic heterocycles. The van der Waals surface area contributed by atoms with Crippen molar-refractivity contribution in [1.82, 2.24) is 4.90 Å². The molecular formula is C14H17FN2O. The lowest BCUT2D eigenvalue weighted by molar-refractivity contribution is -0.129. The van der Waals surface area contributed by atoms with Crippen LogP contribution in [0.4, 0.5) is 4.39 Å². The van der Waals surface area contributed by atoms with Crippen LogP contribution in [0.15, 0.2) is 18.2 Å². The lowest BCUT2D eigenvalue weighted by Crippen LogP contribution is -2.35. The lowest BCUT2D eigenvalue weighted by atomic mass is 9.96. The number of aryl methyl sites for hydroxylation is 1. The van der Waals surface area contributed by atoms with Crippen LogP contribution < -0.4 is 5.73 Å². The fourth-order valence-electron chi connectivity index (χ4n) is 2.91. The molecule has 1 amide bonds. The first-order chi connectivity index (χ1) is 8.58. The number of likely N-dealkylation sites (tertiary alicyclic amines) is 1. The smallest absolute Gasteiger partial charge is 0.225 e. The zero-order valence-electron chi connectivity index (χ0n) is 10.4. The summed E-state index contributed by atoms with van der Waals surface area (Å²) < 4.78 is 13.2. The van der Waals surface area contributed by atoms with Crippen LogP contribution in [0.2, 0.25) is 0 Å². The van der Waals surface area contributed by atoms with Gasteiger partial charge in [-0.15, -0.1) is 0 Å². The molecule has 1 saturated carbocycles. The summed E-state index contributed by atoms with van der Waals surface area (Å²) >= 11 is 0. The molecule has 1 heterocycles. The molecule has 18 heavy (non-hydrogen) atoms. The van der Waals surface area contributed by atoms with Crippen LogP contribution in [0.5, 0.6) is 0 Å². The van der Waals surface area contributed by atoms with E-state index in [1.54, 1.807) is 6.07 Å². The lowest BCUT2D eigenvalue weighted by Gasteiger charge is -2.28. The Morgan fingerprint density at radius 1 is 1.39 bits per heavy atom. The Hall–Kier alpha value is -1.42. The van der Waals surface area contributed by atoms with Crippen molar-refractivity contribution >= 4 is 5.91 Å². The van der Waals surface area contributed by atoms with Gasteiger partial charge in [0.25, 0.3) is 0 Å². The van der Waals surface area contributed by atoms with E-state index in [0.29, 0.717) is 12.5 Å². The van der Waals surface area contributed by atoms with Gasteiger partial charge in [-0.1, -0.05) is 6.07 Å². The normalized spacial score (nSPS) is 27.9. The van der Waals surface area contributed by atoms with Crippen LogP contribution >= 0.6 is 0 Å². The summed E-state index contributed by atoms with van der Waals surface area (Å²) in [4.78, 5) is 13.9. The van der Waals surface area contributed by atoms with Crippen molar-refractivity contribution in [1.29, 1.82) is 0 Å². The van der Waals surface area contributed by atoms with Crippen molar-refractivity contribution in [3.63, 3.8) is 0 Å². The van der Waals surface area contributed by atoms with E-state index >= 15 is 0 Å². The third-order valence-corrected chi connectivity index (χ3v) is 3.89. The van der Waals surface area contributed by atoms with Crippen LogP contribution in [0.1, 0.15) is 36.4 Å². The molecule has 2 N–H and O–H groups in total. The van der Waals surface area contributed by atoms with Gasteiger partial charge >= 0.3 is 0 Å². The van der Waals surface area contributed by atoms with E-state index in [1.807, 2.05) is 11.8 Å². The van der Waals surface area contributed by atoms with Gasteiger partial charge in [0.15, 0.2) is 0 Å². The number of hydrogen-bond donors (Lipinski definition) is 1. The number of nitrogens with zero attached hydrogens (tertiary/aromatic N) is 1. The molecule has 4 heteroatoms. The predicted molar refractivity (Wildman–Crippen MR) is 66.3 cm³/mol. The van der Waals surface area contributed by atoms with Gasteiger partial charge in [-0.3, -0.25) is 4.79 Å². The number of hydrogen-bond acceptors (Lipinski definition) is 2. The van der Waals surface area contributed by atoms with Crippen LogP contribution in [-0.2, 0) is 4.79 Å². The molecule has 1 aromatic rings. The van der Waals surface area contributed by atoms with E-state index in [9.17, 15) is 9.18 Å². The first-order valence-corrected chi connectivity index (χ1v) is 6.40. The summed E-state index contributed by atoms with van der Waals surface area (Å²) in [6.07, 6.45) is 2.53. The van der Waals surface area contributed by atoms with Crippen LogP contribution in [0.3, 0.4) is 0 Å². The quantitative estimate of drug-likeness (QED) is 0.868. The van der Waals surface area contributed by atoms with E-state index in [0.717, 1.165) is 24.0 Å². The summed E-state index contributed by atoms with van der Waals surface area (Å²) in [6, 6.07) is 4.82. The molecule has 3 nitrogen and oxygen atoms in total. The third-order valence-electron chi connectivity index (χ3n) is 3.89. The first kappa shape index (κ1) is 11.7. The van der Waals surface area contributed by atoms with Gasteiger partial charge in [-0.2, -0.15) is 0 Å². The molecule has 2 unspecified atom stereocenters. The predicted octanol–water partition coefficient (Wildman–Crippen LogP) is 1.90. The van der Waals surface area contributed by atoms with Gasteiger partial charge in [0, 0.05) is 18.5 Å². The van der Waals surface area contributed by atoms with E-state index in [4.69, 9.17) is 5.73 Å². The molecule has 0 spiro atoms. The van der Waals surface area contributed by atoms with Crippen molar-refractivity contribution in [3.8, 4) is 0 Å². The fraction of sp³-hybridized carbons (Fsp3) is 0.500. The zero-order valence-corrected chi connectivity index (χ0v) is 10.4. The average molecular weight is 248 g/mol. The second kappa shape index (κ2) is 4.05. The van der Waals surface area contributed by atoms with Gasteiger partial charge in [0.05, 0.1) is 6.04 Å². The van der Waals surface area contributed by atoms with Crippen LogP contribution in [-0.4, -0.2) is 22.9 Å². The second-order valence-corrected chi connectivity index (χ2v) is 5.35. The van der Waals surface area contributed by atoms with Gasteiger partial charge in [0.2, 0.25) is 5.91 Å². The number of halogens is 1. The highest BCUT2D eigenvalue weighted by Gasteiger charge is 2.46. The number of carbonyl (C=O) groups is 1. The van der Waals surface area contributed by atoms with E-state index in [1.165, 1.54) is 12.1 Å². The van der Waals surface area contributed by atoms with Crippen LogP contribution in [0, 0.1) is 12.7 Å². The second-order valence-electron chi connectivity index (χ2n) is 5.35. The molecule has 2 fully saturated rings. The summed E-state index contributed by atoms with van der Waals surface area (Å²) in [5.74, 6) is -0.106. The molecular weight excluding hydrogens is 231 g/mol. The Labute approximate surface area is 106 Å². The molecule has 1 aromatic carbocycles. The largest absolute Gasteiger partial charge is 0.331 e. The van der Waals surface area contributed by atoms with Gasteiger partial charge < -0.3 is 10.6 Å². The molecule has 0 radical (unpaired) electrons. The van der Waals surface area contributed by atoms with Gasteiger partial charge in [0.1, 0.15) is 5.82 Å². The fourth-order valence-corrected chi connectivity index (χ4v) is 2.91. The highest BCUT2D eigenvalue weighted by atomic mass is 19.1. The maximum Gasteiger partial charge on any atom is 0.225 e. The Kier molecular flexibility index (Phi) is 2.63. The van der Waals surface area contributed by atoms with Crippen molar-refractivity contribution in [2.75, 3.05) is 0 Å². The zero-order chi connectivity index (χ0) is 12.9. The number of nitrogens with two attached hydrogens (primary N) is 1. The van der Waals surface area contributed by atoms with Crippen LogP contribution in [0.25, 0.3) is 0 Å². The number of amides is 1. The summed E-state index contributed by atoms with van der Waals surface area (Å²) in [6.45, 7) is 1.87. The Morgan fingerprint density at radius 3 is 2.72 bits per heavy atom. The topological polar surface area (TPSA) is 46.3 Å². The van der Waals surface area contributed by atoms with E-state index < -0.39 is 0 Å². The number of benzene rings is 1. The summed E-state index contributed by atoms with van der Waals surface area (Å²) in [7, 11) is 0. The minimum absolute atomic E-state index is 0.0781. The highest BCUT2D eigenvalue weighted by Crippen LogP contribution is 2.41. The minimum Gasteiger partial charge on any atom is -0.331 e.